The number of nitrogens with one attached hydrogen (secondary N) is 1. The number of amides is 1. The second-order valence-electron chi connectivity index (χ2n) is 5.47. The zero-order chi connectivity index (χ0) is 15.5. The quantitative estimate of drug-likeness (QED) is 0.345. The van der Waals surface area contributed by atoms with Gasteiger partial charge < -0.3 is 16.3 Å². The minimum atomic E-state index is -0.513. The fourth-order valence-electron chi connectivity index (χ4n) is 2.94. The van der Waals surface area contributed by atoms with Crippen molar-refractivity contribution in [1.82, 2.24) is 0 Å². The highest BCUT2D eigenvalue weighted by Crippen LogP contribution is 2.42. The van der Waals surface area contributed by atoms with Gasteiger partial charge in [0.1, 0.15) is 5.82 Å². The molecular weight excluding hydrogens is 273 g/mol. The Balaban J connectivity index is 2.29. The molecule has 0 saturated heterocycles. The molecule has 0 unspecified atom stereocenters. The molecule has 0 atom stereocenters. The minimum Gasteiger partial charge on any atom is -0.409 e. The lowest BCUT2D eigenvalue weighted by atomic mass is 9.82. The van der Waals surface area contributed by atoms with E-state index < -0.39 is 5.82 Å². The summed E-state index contributed by atoms with van der Waals surface area (Å²) in [6.07, 6.45) is 4.55. The summed E-state index contributed by atoms with van der Waals surface area (Å²) in [4.78, 5) is 12.6. The molecule has 0 aliphatic heterocycles. The molecule has 1 amide bonds. The van der Waals surface area contributed by atoms with E-state index >= 15 is 0 Å². The summed E-state index contributed by atoms with van der Waals surface area (Å²) in [5, 5.41) is 14.5. The summed E-state index contributed by atoms with van der Waals surface area (Å²) in [6, 6.07) is 3.80. The molecule has 0 heterocycles. The third-order valence-electron chi connectivity index (χ3n) is 4.33. The molecule has 21 heavy (non-hydrogen) atoms. The molecular formula is C15H20FN3O2. The van der Waals surface area contributed by atoms with E-state index in [0.717, 1.165) is 38.2 Å². The van der Waals surface area contributed by atoms with Crippen molar-refractivity contribution in [3.8, 4) is 0 Å². The Morgan fingerprint density at radius 2 is 2.14 bits per heavy atom. The van der Waals surface area contributed by atoms with Gasteiger partial charge in [0.15, 0.2) is 5.84 Å². The molecule has 1 saturated carbocycles. The summed E-state index contributed by atoms with van der Waals surface area (Å²) >= 11 is 0. The second kappa shape index (κ2) is 6.11. The molecule has 1 aliphatic carbocycles. The Morgan fingerprint density at radius 1 is 1.48 bits per heavy atom. The summed E-state index contributed by atoms with van der Waals surface area (Å²) in [5.74, 6) is -0.830. The molecule has 114 valence electrons. The number of anilines is 1. The van der Waals surface area contributed by atoms with Crippen molar-refractivity contribution >= 4 is 17.4 Å². The van der Waals surface area contributed by atoms with Crippen molar-refractivity contribution in [3.63, 3.8) is 0 Å². The zero-order valence-electron chi connectivity index (χ0n) is 12.0. The van der Waals surface area contributed by atoms with Crippen molar-refractivity contribution in [1.29, 1.82) is 0 Å². The maximum absolute atomic E-state index is 13.3. The lowest BCUT2D eigenvalue weighted by molar-refractivity contribution is -0.125. The SMILES string of the molecule is CCC1(C(=O)Nc2ccc(F)cc2/C(N)=N/O)CCCC1. The largest absolute Gasteiger partial charge is 0.409 e. The molecule has 5 nitrogen and oxygen atoms in total. The standard InChI is InChI=1S/C15H20FN3O2/c1-2-15(7-3-4-8-15)14(20)18-12-6-5-10(16)9-11(12)13(17)19-21/h5-6,9,21H,2-4,7-8H2,1H3,(H2,17,19)(H,18,20). The van der Waals surface area contributed by atoms with Crippen LogP contribution in [0.4, 0.5) is 10.1 Å². The van der Waals surface area contributed by atoms with Crippen LogP contribution in [0.2, 0.25) is 0 Å². The Kier molecular flexibility index (Phi) is 4.45. The first-order valence-corrected chi connectivity index (χ1v) is 7.11. The molecule has 1 fully saturated rings. The highest BCUT2D eigenvalue weighted by atomic mass is 19.1. The highest BCUT2D eigenvalue weighted by molar-refractivity contribution is 6.06. The van der Waals surface area contributed by atoms with Crippen molar-refractivity contribution in [2.24, 2.45) is 16.3 Å². The van der Waals surface area contributed by atoms with E-state index in [1.54, 1.807) is 0 Å². The van der Waals surface area contributed by atoms with E-state index in [1.807, 2.05) is 6.92 Å². The molecule has 0 aromatic heterocycles. The molecule has 6 heteroatoms. The molecule has 1 aliphatic rings. The molecule has 4 N–H and O–H groups in total. The maximum Gasteiger partial charge on any atom is 0.230 e. The van der Waals surface area contributed by atoms with Gasteiger partial charge in [0.05, 0.1) is 5.69 Å². The number of carbonyl (C=O) groups excluding carboxylic acids is 1. The van der Waals surface area contributed by atoms with Gasteiger partial charge in [0.2, 0.25) is 5.91 Å². The van der Waals surface area contributed by atoms with Crippen LogP contribution in [0.3, 0.4) is 0 Å². The number of hydrogen-bond donors (Lipinski definition) is 3. The molecule has 2 rings (SSSR count). The van der Waals surface area contributed by atoms with Gasteiger partial charge in [0.25, 0.3) is 0 Å². The van der Waals surface area contributed by atoms with Gasteiger partial charge >= 0.3 is 0 Å². The predicted molar refractivity (Wildman–Crippen MR) is 78.7 cm³/mol. The van der Waals surface area contributed by atoms with Gasteiger partial charge in [-0.1, -0.05) is 24.9 Å². The van der Waals surface area contributed by atoms with Crippen LogP contribution < -0.4 is 11.1 Å². The number of hydrogen-bond acceptors (Lipinski definition) is 3. The van der Waals surface area contributed by atoms with Gasteiger partial charge in [-0.15, -0.1) is 0 Å². The molecule has 1 aromatic carbocycles. The number of carbonyl (C=O) groups is 1. The Morgan fingerprint density at radius 3 is 2.71 bits per heavy atom. The van der Waals surface area contributed by atoms with Crippen LogP contribution in [0.25, 0.3) is 0 Å². The van der Waals surface area contributed by atoms with Gasteiger partial charge in [-0.2, -0.15) is 0 Å². The summed E-state index contributed by atoms with van der Waals surface area (Å²) in [7, 11) is 0. The first-order valence-electron chi connectivity index (χ1n) is 7.11. The number of nitrogens with two attached hydrogens (primary N) is 1. The topological polar surface area (TPSA) is 87.7 Å². The Bertz CT molecular complexity index is 566. The van der Waals surface area contributed by atoms with E-state index in [1.165, 1.54) is 12.1 Å². The Labute approximate surface area is 123 Å². The number of nitrogens with zero attached hydrogens (tertiary/aromatic N) is 1. The van der Waals surface area contributed by atoms with Gasteiger partial charge in [-0.05, 0) is 37.5 Å². The normalized spacial score (nSPS) is 17.7. The fourth-order valence-corrected chi connectivity index (χ4v) is 2.94. The maximum atomic E-state index is 13.3. The van der Waals surface area contributed by atoms with Crippen molar-refractivity contribution in [3.05, 3.63) is 29.6 Å². The van der Waals surface area contributed by atoms with Crippen LogP contribution in [0, 0.1) is 11.2 Å². The predicted octanol–water partition coefficient (Wildman–Crippen LogP) is 2.83. The smallest absolute Gasteiger partial charge is 0.230 e. The van der Waals surface area contributed by atoms with Gasteiger partial charge in [-0.25, -0.2) is 4.39 Å². The zero-order valence-corrected chi connectivity index (χ0v) is 12.0. The molecule has 0 bridgehead atoms. The minimum absolute atomic E-state index is 0.0823. The van der Waals surface area contributed by atoms with Crippen LogP contribution >= 0.6 is 0 Å². The number of rotatable bonds is 4. The second-order valence-corrected chi connectivity index (χ2v) is 5.47. The van der Waals surface area contributed by atoms with Crippen molar-refractivity contribution < 1.29 is 14.4 Å². The number of oxime groups is 1. The number of benzene rings is 1. The Hall–Kier alpha value is -2.11. The fraction of sp³-hybridized carbons (Fsp3) is 0.467. The average Bonchev–Trinajstić information content (AvgIpc) is 2.98. The average molecular weight is 293 g/mol. The van der Waals surface area contributed by atoms with E-state index in [-0.39, 0.29) is 22.7 Å². The lowest BCUT2D eigenvalue weighted by Crippen LogP contribution is -2.34. The van der Waals surface area contributed by atoms with Crippen LogP contribution in [0.5, 0.6) is 0 Å². The van der Waals surface area contributed by atoms with Crippen LogP contribution in [0.1, 0.15) is 44.6 Å². The van der Waals surface area contributed by atoms with E-state index in [2.05, 4.69) is 10.5 Å². The first-order chi connectivity index (χ1) is 10.0. The summed E-state index contributed by atoms with van der Waals surface area (Å²) in [5.41, 5.74) is 5.71. The third kappa shape index (κ3) is 2.99. The van der Waals surface area contributed by atoms with Crippen LogP contribution in [0.15, 0.2) is 23.4 Å². The van der Waals surface area contributed by atoms with Crippen molar-refractivity contribution in [2.75, 3.05) is 5.32 Å². The number of amidine groups is 1. The highest BCUT2D eigenvalue weighted by Gasteiger charge is 2.39. The third-order valence-corrected chi connectivity index (χ3v) is 4.33. The van der Waals surface area contributed by atoms with Crippen LogP contribution in [-0.2, 0) is 4.79 Å². The van der Waals surface area contributed by atoms with Crippen LogP contribution in [-0.4, -0.2) is 17.0 Å². The molecule has 0 spiro atoms. The van der Waals surface area contributed by atoms with E-state index in [4.69, 9.17) is 10.9 Å². The van der Waals surface area contributed by atoms with E-state index in [0.29, 0.717) is 5.69 Å². The number of halogens is 1. The summed E-state index contributed by atoms with van der Waals surface area (Å²) < 4.78 is 13.3. The first kappa shape index (κ1) is 15.3. The lowest BCUT2D eigenvalue weighted by Gasteiger charge is -2.26. The van der Waals surface area contributed by atoms with E-state index in [9.17, 15) is 9.18 Å². The van der Waals surface area contributed by atoms with Gasteiger partial charge in [0, 0.05) is 11.0 Å². The summed E-state index contributed by atoms with van der Waals surface area (Å²) in [6.45, 7) is 2.00. The molecule has 1 aromatic rings. The molecule has 0 radical (unpaired) electrons. The van der Waals surface area contributed by atoms with Gasteiger partial charge in [-0.3, -0.25) is 4.79 Å². The van der Waals surface area contributed by atoms with Crippen molar-refractivity contribution in [2.45, 2.75) is 39.0 Å². The monoisotopic (exact) mass is 293 g/mol.